The van der Waals surface area contributed by atoms with Gasteiger partial charge in [0.1, 0.15) is 6.04 Å². The first-order chi connectivity index (χ1) is 9.86. The van der Waals surface area contributed by atoms with Gasteiger partial charge in [-0.1, -0.05) is 44.5 Å². The maximum Gasteiger partial charge on any atom is 0.326 e. The average Bonchev–Trinajstić information content (AvgIpc) is 2.44. The first-order valence-electron chi connectivity index (χ1n) is 7.22. The summed E-state index contributed by atoms with van der Waals surface area (Å²) in [6.07, 6.45) is 0.685. The Morgan fingerprint density at radius 1 is 1.19 bits per heavy atom. The Kier molecular flexibility index (Phi) is 6.21. The Bertz CT molecular complexity index is 502. The molecular formula is C16H24N2O3. The highest BCUT2D eigenvalue weighted by molar-refractivity contribution is 5.82. The van der Waals surface area contributed by atoms with Crippen molar-refractivity contribution in [3.63, 3.8) is 0 Å². The number of urea groups is 1. The first kappa shape index (κ1) is 17.0. The van der Waals surface area contributed by atoms with Crippen molar-refractivity contribution in [2.75, 3.05) is 0 Å². The lowest BCUT2D eigenvalue weighted by Crippen LogP contribution is -2.49. The normalized spacial score (nSPS) is 14.9. The summed E-state index contributed by atoms with van der Waals surface area (Å²) in [4.78, 5) is 23.2. The van der Waals surface area contributed by atoms with Crippen molar-refractivity contribution in [2.45, 2.75) is 46.2 Å². The lowest BCUT2D eigenvalue weighted by Gasteiger charge is -2.22. The summed E-state index contributed by atoms with van der Waals surface area (Å²) in [7, 11) is 0. The molecule has 1 aromatic carbocycles. The Labute approximate surface area is 125 Å². The van der Waals surface area contributed by atoms with E-state index in [1.807, 2.05) is 52.0 Å². The van der Waals surface area contributed by atoms with Crippen LogP contribution in [0.5, 0.6) is 0 Å². The fourth-order valence-corrected chi connectivity index (χ4v) is 2.21. The van der Waals surface area contributed by atoms with Crippen molar-refractivity contribution in [3.8, 4) is 0 Å². The molecule has 0 spiro atoms. The smallest absolute Gasteiger partial charge is 0.326 e. The van der Waals surface area contributed by atoms with Crippen molar-refractivity contribution in [1.82, 2.24) is 10.6 Å². The Morgan fingerprint density at radius 2 is 1.81 bits per heavy atom. The number of carbonyl (C=O) groups excluding carboxylic acids is 1. The third-order valence-electron chi connectivity index (χ3n) is 3.77. The zero-order valence-corrected chi connectivity index (χ0v) is 13.0. The predicted molar refractivity (Wildman–Crippen MR) is 82.1 cm³/mol. The number of hydrogen-bond acceptors (Lipinski definition) is 2. The van der Waals surface area contributed by atoms with Crippen LogP contribution in [-0.4, -0.2) is 23.1 Å². The van der Waals surface area contributed by atoms with Gasteiger partial charge in [0, 0.05) is 0 Å². The van der Waals surface area contributed by atoms with Crippen LogP contribution >= 0.6 is 0 Å². The van der Waals surface area contributed by atoms with Crippen molar-refractivity contribution in [2.24, 2.45) is 5.92 Å². The zero-order chi connectivity index (χ0) is 16.0. The lowest BCUT2D eigenvalue weighted by atomic mass is 9.99. The van der Waals surface area contributed by atoms with Crippen molar-refractivity contribution in [1.29, 1.82) is 0 Å². The van der Waals surface area contributed by atoms with Gasteiger partial charge in [-0.3, -0.25) is 0 Å². The lowest BCUT2D eigenvalue weighted by molar-refractivity contribution is -0.140. The molecule has 0 radical (unpaired) electrons. The highest BCUT2D eigenvalue weighted by Gasteiger charge is 2.25. The van der Waals surface area contributed by atoms with Gasteiger partial charge < -0.3 is 15.7 Å². The van der Waals surface area contributed by atoms with Crippen LogP contribution in [0.25, 0.3) is 0 Å². The molecule has 0 fully saturated rings. The molecule has 0 saturated carbocycles. The fraction of sp³-hybridized carbons (Fsp3) is 0.500. The first-order valence-corrected chi connectivity index (χ1v) is 7.22. The number of carboxylic acids is 1. The second kappa shape index (κ2) is 7.67. The number of carbonyl (C=O) groups is 2. The minimum atomic E-state index is -1.01. The van der Waals surface area contributed by atoms with E-state index in [1.54, 1.807) is 0 Å². The molecule has 1 aromatic rings. The van der Waals surface area contributed by atoms with Gasteiger partial charge in [-0.25, -0.2) is 9.59 Å². The molecule has 3 atom stereocenters. The number of aliphatic carboxylic acids is 1. The number of aryl methyl sites for hydroxylation is 1. The summed E-state index contributed by atoms with van der Waals surface area (Å²) in [6, 6.07) is 6.26. The minimum Gasteiger partial charge on any atom is -0.480 e. The second-order valence-corrected chi connectivity index (χ2v) is 5.40. The topological polar surface area (TPSA) is 78.4 Å². The van der Waals surface area contributed by atoms with Gasteiger partial charge in [0.25, 0.3) is 0 Å². The largest absolute Gasteiger partial charge is 0.480 e. The third-order valence-corrected chi connectivity index (χ3v) is 3.77. The Balaban J connectivity index is 2.68. The van der Waals surface area contributed by atoms with E-state index in [-0.39, 0.29) is 12.0 Å². The molecule has 2 unspecified atom stereocenters. The van der Waals surface area contributed by atoms with Gasteiger partial charge in [-0.05, 0) is 30.9 Å². The second-order valence-electron chi connectivity index (χ2n) is 5.40. The molecular weight excluding hydrogens is 268 g/mol. The van der Waals surface area contributed by atoms with Crippen LogP contribution in [0.2, 0.25) is 0 Å². The molecule has 0 saturated heterocycles. The van der Waals surface area contributed by atoms with E-state index >= 15 is 0 Å². The van der Waals surface area contributed by atoms with Gasteiger partial charge in [-0.2, -0.15) is 0 Å². The van der Waals surface area contributed by atoms with E-state index in [1.165, 1.54) is 0 Å². The van der Waals surface area contributed by atoms with Gasteiger partial charge >= 0.3 is 12.0 Å². The van der Waals surface area contributed by atoms with Gasteiger partial charge in [0.05, 0.1) is 6.04 Å². The maximum absolute atomic E-state index is 12.0. The summed E-state index contributed by atoms with van der Waals surface area (Å²) in [5.41, 5.74) is 2.10. The van der Waals surface area contributed by atoms with E-state index < -0.39 is 18.0 Å². The average molecular weight is 292 g/mol. The number of hydrogen-bond donors (Lipinski definition) is 3. The molecule has 0 aliphatic carbocycles. The summed E-state index contributed by atoms with van der Waals surface area (Å²) < 4.78 is 0. The molecule has 0 aromatic heterocycles. The van der Waals surface area contributed by atoms with Crippen LogP contribution in [0.4, 0.5) is 4.79 Å². The van der Waals surface area contributed by atoms with Crippen LogP contribution in [0.3, 0.4) is 0 Å². The quantitative estimate of drug-likeness (QED) is 0.754. The van der Waals surface area contributed by atoms with Crippen LogP contribution in [-0.2, 0) is 4.79 Å². The number of rotatable bonds is 6. The molecule has 3 N–H and O–H groups in total. The highest BCUT2D eigenvalue weighted by atomic mass is 16.4. The minimum absolute atomic E-state index is 0.123. The SMILES string of the molecule is CCC(C)[C@H](NC(=O)NC(C)c1ccccc1C)C(=O)O. The molecule has 116 valence electrons. The summed E-state index contributed by atoms with van der Waals surface area (Å²) in [6.45, 7) is 7.56. The van der Waals surface area contributed by atoms with Crippen LogP contribution in [0, 0.1) is 12.8 Å². The molecule has 0 heterocycles. The van der Waals surface area contributed by atoms with Crippen LogP contribution in [0.1, 0.15) is 44.4 Å². The van der Waals surface area contributed by atoms with Gasteiger partial charge in [-0.15, -0.1) is 0 Å². The molecule has 0 bridgehead atoms. The molecule has 5 nitrogen and oxygen atoms in total. The molecule has 5 heteroatoms. The Hall–Kier alpha value is -2.04. The van der Waals surface area contributed by atoms with E-state index in [9.17, 15) is 14.7 Å². The van der Waals surface area contributed by atoms with E-state index in [0.29, 0.717) is 6.42 Å². The number of carboxylic acid groups (broad SMARTS) is 1. The standard InChI is InChI=1S/C16H24N2O3/c1-5-10(2)14(15(19)20)18-16(21)17-12(4)13-9-7-6-8-11(13)3/h6-10,12,14H,5H2,1-4H3,(H,19,20)(H2,17,18,21)/t10?,12?,14-/m0/s1. The monoisotopic (exact) mass is 292 g/mol. The van der Waals surface area contributed by atoms with Crippen LogP contribution < -0.4 is 10.6 Å². The van der Waals surface area contributed by atoms with E-state index in [4.69, 9.17) is 0 Å². The summed E-state index contributed by atoms with van der Waals surface area (Å²) in [5, 5.41) is 14.5. The summed E-state index contributed by atoms with van der Waals surface area (Å²) >= 11 is 0. The van der Waals surface area contributed by atoms with Gasteiger partial charge in [0.15, 0.2) is 0 Å². The molecule has 2 amide bonds. The van der Waals surface area contributed by atoms with Gasteiger partial charge in [0.2, 0.25) is 0 Å². The fourth-order valence-electron chi connectivity index (χ4n) is 2.21. The van der Waals surface area contributed by atoms with Crippen molar-refractivity contribution < 1.29 is 14.7 Å². The third kappa shape index (κ3) is 4.77. The van der Waals surface area contributed by atoms with Crippen molar-refractivity contribution >= 4 is 12.0 Å². The summed E-state index contributed by atoms with van der Waals surface area (Å²) in [5.74, 6) is -1.13. The number of amides is 2. The number of benzene rings is 1. The zero-order valence-electron chi connectivity index (χ0n) is 13.0. The van der Waals surface area contributed by atoms with Crippen molar-refractivity contribution in [3.05, 3.63) is 35.4 Å². The van der Waals surface area contributed by atoms with E-state index in [0.717, 1.165) is 11.1 Å². The number of nitrogens with one attached hydrogen (secondary N) is 2. The molecule has 0 aliphatic heterocycles. The van der Waals surface area contributed by atoms with E-state index in [2.05, 4.69) is 10.6 Å². The van der Waals surface area contributed by atoms with Crippen LogP contribution in [0.15, 0.2) is 24.3 Å². The molecule has 1 rings (SSSR count). The highest BCUT2D eigenvalue weighted by Crippen LogP contribution is 2.16. The Morgan fingerprint density at radius 3 is 2.33 bits per heavy atom. The molecule has 0 aliphatic rings. The maximum atomic E-state index is 12.0. The predicted octanol–water partition coefficient (Wildman–Crippen LogP) is 2.85. The molecule has 21 heavy (non-hydrogen) atoms.